The van der Waals surface area contributed by atoms with Gasteiger partial charge in [-0.3, -0.25) is 15.1 Å². The Morgan fingerprint density at radius 1 is 1.04 bits per heavy atom. The van der Waals surface area contributed by atoms with E-state index in [9.17, 15) is 10.1 Å². The van der Waals surface area contributed by atoms with E-state index in [1.54, 1.807) is 24.5 Å². The van der Waals surface area contributed by atoms with Crippen molar-refractivity contribution in [3.8, 4) is 0 Å². The Labute approximate surface area is 156 Å². The molecule has 0 bridgehead atoms. The number of aromatic amines is 1. The molecule has 0 saturated heterocycles. The first-order valence-corrected chi connectivity index (χ1v) is 8.61. The summed E-state index contributed by atoms with van der Waals surface area (Å²) in [5.74, 6) is 0. The van der Waals surface area contributed by atoms with Gasteiger partial charge in [-0.1, -0.05) is 18.2 Å². The second kappa shape index (κ2) is 6.92. The van der Waals surface area contributed by atoms with Gasteiger partial charge in [-0.25, -0.2) is 0 Å². The Balaban J connectivity index is 1.80. The molecule has 0 radical (unpaired) electrons. The maximum atomic E-state index is 10.9. The van der Waals surface area contributed by atoms with Crippen molar-refractivity contribution in [2.75, 3.05) is 5.32 Å². The van der Waals surface area contributed by atoms with Gasteiger partial charge in [-0.05, 0) is 42.8 Å². The van der Waals surface area contributed by atoms with E-state index in [2.05, 4.69) is 34.3 Å². The molecule has 4 aromatic rings. The molecule has 2 heterocycles. The van der Waals surface area contributed by atoms with Gasteiger partial charge >= 0.3 is 0 Å². The molecule has 1 unspecified atom stereocenters. The van der Waals surface area contributed by atoms with Crippen LogP contribution in [0.3, 0.4) is 0 Å². The number of nitrogens with one attached hydrogen (secondary N) is 2. The topological polar surface area (TPSA) is 83.8 Å². The van der Waals surface area contributed by atoms with Crippen LogP contribution in [0.1, 0.15) is 22.9 Å². The molecular weight excluding hydrogens is 340 g/mol. The normalized spacial score (nSPS) is 12.0. The molecule has 6 heteroatoms. The van der Waals surface area contributed by atoms with E-state index in [0.717, 1.165) is 33.4 Å². The summed E-state index contributed by atoms with van der Waals surface area (Å²) in [5, 5.41) is 15.6. The van der Waals surface area contributed by atoms with Crippen LogP contribution < -0.4 is 5.32 Å². The number of non-ortho nitro benzene ring substituents is 1. The minimum atomic E-state index is -0.395. The highest BCUT2D eigenvalue weighted by atomic mass is 16.6. The SMILES string of the molecule is Cc1[nH]c2ccccc2c1C(Nc1ccc([N+](=O)[O-])cc1)c1ccncc1. The number of hydrogen-bond acceptors (Lipinski definition) is 4. The lowest BCUT2D eigenvalue weighted by atomic mass is 9.96. The molecule has 0 aliphatic carbocycles. The molecule has 27 heavy (non-hydrogen) atoms. The summed E-state index contributed by atoms with van der Waals surface area (Å²) in [5.41, 5.74) is 5.25. The van der Waals surface area contributed by atoms with Crippen LogP contribution in [0.2, 0.25) is 0 Å². The molecule has 2 N–H and O–H groups in total. The first-order valence-electron chi connectivity index (χ1n) is 8.61. The summed E-state index contributed by atoms with van der Waals surface area (Å²) < 4.78 is 0. The molecule has 2 aromatic heterocycles. The van der Waals surface area contributed by atoms with E-state index in [-0.39, 0.29) is 11.7 Å². The van der Waals surface area contributed by atoms with Gasteiger partial charge in [-0.15, -0.1) is 0 Å². The van der Waals surface area contributed by atoms with Gasteiger partial charge in [0.25, 0.3) is 5.69 Å². The third-order valence-electron chi connectivity index (χ3n) is 4.66. The van der Waals surface area contributed by atoms with Gasteiger partial charge < -0.3 is 10.3 Å². The van der Waals surface area contributed by atoms with Crippen LogP contribution >= 0.6 is 0 Å². The third-order valence-corrected chi connectivity index (χ3v) is 4.66. The number of pyridine rings is 1. The number of para-hydroxylation sites is 1. The lowest BCUT2D eigenvalue weighted by Crippen LogP contribution is -2.13. The monoisotopic (exact) mass is 358 g/mol. The Hall–Kier alpha value is -3.67. The van der Waals surface area contributed by atoms with Crippen LogP contribution in [0.5, 0.6) is 0 Å². The number of nitro benzene ring substituents is 1. The molecule has 0 spiro atoms. The van der Waals surface area contributed by atoms with Crippen molar-refractivity contribution in [1.29, 1.82) is 0 Å². The summed E-state index contributed by atoms with van der Waals surface area (Å²) in [6.45, 7) is 2.06. The molecule has 1 atom stereocenters. The van der Waals surface area contributed by atoms with Crippen molar-refractivity contribution < 1.29 is 4.92 Å². The minimum absolute atomic E-state index is 0.0734. The highest BCUT2D eigenvalue weighted by Crippen LogP contribution is 2.34. The van der Waals surface area contributed by atoms with Gasteiger partial charge in [0.05, 0.1) is 11.0 Å². The zero-order valence-electron chi connectivity index (χ0n) is 14.7. The van der Waals surface area contributed by atoms with E-state index >= 15 is 0 Å². The fourth-order valence-electron chi connectivity index (χ4n) is 3.39. The van der Waals surface area contributed by atoms with Crippen molar-refractivity contribution in [3.05, 3.63) is 100.0 Å². The standard InChI is InChI=1S/C21H18N4O2/c1-14-20(18-4-2-3-5-19(18)23-14)21(15-10-12-22-13-11-15)24-16-6-8-17(9-7-16)25(26)27/h2-13,21,23-24H,1H3. The molecule has 0 aliphatic heterocycles. The smallest absolute Gasteiger partial charge is 0.269 e. The number of aryl methyl sites for hydroxylation is 1. The summed E-state index contributed by atoms with van der Waals surface area (Å²) >= 11 is 0. The van der Waals surface area contributed by atoms with Crippen LogP contribution in [0.4, 0.5) is 11.4 Å². The minimum Gasteiger partial charge on any atom is -0.374 e. The van der Waals surface area contributed by atoms with Crippen molar-refractivity contribution in [1.82, 2.24) is 9.97 Å². The van der Waals surface area contributed by atoms with E-state index in [0.29, 0.717) is 0 Å². The maximum absolute atomic E-state index is 10.9. The molecule has 2 aromatic carbocycles. The van der Waals surface area contributed by atoms with Crippen molar-refractivity contribution >= 4 is 22.3 Å². The first kappa shape index (κ1) is 16.8. The zero-order chi connectivity index (χ0) is 18.8. The number of aromatic nitrogens is 2. The number of anilines is 1. The van der Waals surface area contributed by atoms with Crippen LogP contribution in [-0.4, -0.2) is 14.9 Å². The zero-order valence-corrected chi connectivity index (χ0v) is 14.7. The predicted molar refractivity (Wildman–Crippen MR) is 106 cm³/mol. The first-order chi connectivity index (χ1) is 13.1. The van der Waals surface area contributed by atoms with Crippen molar-refractivity contribution in [2.24, 2.45) is 0 Å². The number of nitro groups is 1. The van der Waals surface area contributed by atoms with Crippen molar-refractivity contribution in [2.45, 2.75) is 13.0 Å². The molecular formula is C21H18N4O2. The quantitative estimate of drug-likeness (QED) is 0.389. The average Bonchev–Trinajstić information content (AvgIpc) is 3.03. The van der Waals surface area contributed by atoms with Crippen molar-refractivity contribution in [3.63, 3.8) is 0 Å². The number of fused-ring (bicyclic) bond motifs is 1. The third kappa shape index (κ3) is 3.25. The molecule has 134 valence electrons. The maximum Gasteiger partial charge on any atom is 0.269 e. The average molecular weight is 358 g/mol. The van der Waals surface area contributed by atoms with E-state index in [4.69, 9.17) is 0 Å². The van der Waals surface area contributed by atoms with E-state index in [1.165, 1.54) is 12.1 Å². The summed E-state index contributed by atoms with van der Waals surface area (Å²) in [4.78, 5) is 18.1. The number of benzene rings is 2. The van der Waals surface area contributed by atoms with E-state index < -0.39 is 4.92 Å². The van der Waals surface area contributed by atoms with Gasteiger partial charge in [-0.2, -0.15) is 0 Å². The molecule has 0 saturated carbocycles. The highest BCUT2D eigenvalue weighted by Gasteiger charge is 2.21. The number of hydrogen-bond donors (Lipinski definition) is 2. The largest absolute Gasteiger partial charge is 0.374 e. The fourth-order valence-corrected chi connectivity index (χ4v) is 3.39. The lowest BCUT2D eigenvalue weighted by molar-refractivity contribution is -0.384. The van der Waals surface area contributed by atoms with Crippen LogP contribution in [0.25, 0.3) is 10.9 Å². The highest BCUT2D eigenvalue weighted by molar-refractivity contribution is 5.86. The van der Waals surface area contributed by atoms with Crippen LogP contribution in [0, 0.1) is 17.0 Å². The summed E-state index contributed by atoms with van der Waals surface area (Å²) in [6, 6.07) is 18.5. The van der Waals surface area contributed by atoms with Gasteiger partial charge in [0.15, 0.2) is 0 Å². The molecule has 0 fully saturated rings. The number of nitrogens with zero attached hydrogens (tertiary/aromatic N) is 2. The second-order valence-corrected chi connectivity index (χ2v) is 6.37. The Kier molecular flexibility index (Phi) is 4.30. The summed E-state index contributed by atoms with van der Waals surface area (Å²) in [7, 11) is 0. The van der Waals surface area contributed by atoms with E-state index in [1.807, 2.05) is 24.3 Å². The van der Waals surface area contributed by atoms with Gasteiger partial charge in [0.2, 0.25) is 0 Å². The fraction of sp³-hybridized carbons (Fsp3) is 0.0952. The number of H-pyrrole nitrogens is 1. The molecule has 6 nitrogen and oxygen atoms in total. The predicted octanol–water partition coefficient (Wildman–Crippen LogP) is 4.98. The van der Waals surface area contributed by atoms with Gasteiger partial charge in [0, 0.05) is 52.4 Å². The number of rotatable bonds is 5. The van der Waals surface area contributed by atoms with Crippen LogP contribution in [-0.2, 0) is 0 Å². The summed E-state index contributed by atoms with van der Waals surface area (Å²) in [6.07, 6.45) is 3.54. The Morgan fingerprint density at radius 2 is 1.74 bits per heavy atom. The lowest BCUT2D eigenvalue weighted by Gasteiger charge is -2.21. The van der Waals surface area contributed by atoms with Gasteiger partial charge in [0.1, 0.15) is 0 Å². The molecule has 0 amide bonds. The molecule has 0 aliphatic rings. The van der Waals surface area contributed by atoms with Crippen LogP contribution in [0.15, 0.2) is 73.1 Å². The second-order valence-electron chi connectivity index (χ2n) is 6.37. The Morgan fingerprint density at radius 3 is 2.44 bits per heavy atom. The Bertz CT molecular complexity index is 1090. The molecule has 4 rings (SSSR count).